The van der Waals surface area contributed by atoms with E-state index in [1.54, 1.807) is 0 Å². The summed E-state index contributed by atoms with van der Waals surface area (Å²) < 4.78 is 0. The lowest BCUT2D eigenvalue weighted by atomic mass is 9.70. The normalized spacial score (nSPS) is 19.8. The fraction of sp³-hybridized carbons (Fsp3) is 0.0943. The third-order valence-corrected chi connectivity index (χ3v) is 13.4. The Balaban J connectivity index is 1.14. The summed E-state index contributed by atoms with van der Waals surface area (Å²) in [6.45, 7) is 0. The van der Waals surface area contributed by atoms with Crippen molar-refractivity contribution in [3.63, 3.8) is 0 Å². The predicted molar refractivity (Wildman–Crippen MR) is 225 cm³/mol. The van der Waals surface area contributed by atoms with Crippen LogP contribution in [-0.2, 0) is 5.41 Å². The summed E-state index contributed by atoms with van der Waals surface area (Å²) in [5.74, 6) is 0.383. The zero-order valence-corrected chi connectivity index (χ0v) is 29.8. The van der Waals surface area contributed by atoms with Gasteiger partial charge >= 0.3 is 0 Å². The average Bonchev–Trinajstić information content (AvgIpc) is 3.85. The third-order valence-electron chi connectivity index (χ3n) is 13.4. The molecule has 1 nitrogen and oxygen atoms in total. The molecule has 2 unspecified atom stereocenters. The summed E-state index contributed by atoms with van der Waals surface area (Å²) in [4.78, 5) is 2.64. The summed E-state index contributed by atoms with van der Waals surface area (Å²) in [5, 5.41) is 7.91. The van der Waals surface area contributed by atoms with Gasteiger partial charge in [0, 0.05) is 23.0 Å². The topological polar surface area (TPSA) is 3.24 Å². The highest BCUT2D eigenvalue weighted by Gasteiger charge is 2.52. The zero-order chi connectivity index (χ0) is 35.1. The first-order chi connectivity index (χ1) is 26.8. The monoisotopic (exact) mass is 685 g/mol. The van der Waals surface area contributed by atoms with Crippen LogP contribution < -0.4 is 4.90 Å². The fourth-order valence-electron chi connectivity index (χ4n) is 11.3. The molecule has 1 aliphatic heterocycles. The molecule has 0 amide bonds. The minimum atomic E-state index is -0.448. The molecule has 0 saturated carbocycles. The van der Waals surface area contributed by atoms with Gasteiger partial charge in [0.1, 0.15) is 0 Å². The van der Waals surface area contributed by atoms with Gasteiger partial charge in [0.2, 0.25) is 0 Å². The first kappa shape index (κ1) is 29.1. The first-order valence-electron chi connectivity index (χ1n) is 19.5. The summed E-state index contributed by atoms with van der Waals surface area (Å²) in [6.07, 6.45) is 10.4. The van der Waals surface area contributed by atoms with E-state index in [1.807, 2.05) is 0 Å². The number of rotatable bonds is 1. The third kappa shape index (κ3) is 3.47. The molecule has 4 aliphatic carbocycles. The molecule has 0 saturated heterocycles. The average molecular weight is 686 g/mol. The van der Waals surface area contributed by atoms with Crippen LogP contribution in [-0.4, -0.2) is 0 Å². The van der Waals surface area contributed by atoms with Crippen LogP contribution in [0.2, 0.25) is 0 Å². The number of fused-ring (bicyclic) bond motifs is 20. The molecule has 0 aromatic heterocycles. The van der Waals surface area contributed by atoms with Crippen molar-refractivity contribution in [1.82, 2.24) is 0 Å². The van der Waals surface area contributed by atoms with E-state index in [2.05, 4.69) is 175 Å². The molecule has 252 valence electrons. The summed E-state index contributed by atoms with van der Waals surface area (Å²) in [7, 11) is 0. The maximum atomic E-state index is 2.64. The van der Waals surface area contributed by atoms with E-state index in [-0.39, 0.29) is 0 Å². The van der Waals surface area contributed by atoms with E-state index in [0.29, 0.717) is 5.92 Å². The summed E-state index contributed by atoms with van der Waals surface area (Å²) >= 11 is 0. The van der Waals surface area contributed by atoms with E-state index in [4.69, 9.17) is 0 Å². The molecule has 0 radical (unpaired) electrons. The van der Waals surface area contributed by atoms with Gasteiger partial charge in [-0.2, -0.15) is 0 Å². The van der Waals surface area contributed by atoms with Crippen LogP contribution in [0.4, 0.5) is 11.4 Å². The van der Waals surface area contributed by atoms with Crippen molar-refractivity contribution < 1.29 is 0 Å². The Bertz CT molecular complexity index is 3100. The van der Waals surface area contributed by atoms with Crippen molar-refractivity contribution in [2.45, 2.75) is 30.6 Å². The Kier molecular flexibility index (Phi) is 5.58. The largest absolute Gasteiger partial charge is 0.313 e. The van der Waals surface area contributed by atoms with E-state index < -0.39 is 5.41 Å². The van der Waals surface area contributed by atoms with Crippen LogP contribution in [0.3, 0.4) is 0 Å². The lowest BCUT2D eigenvalue weighted by Gasteiger charge is -2.33. The quantitative estimate of drug-likeness (QED) is 0.156. The number of hydrogen-bond acceptors (Lipinski definition) is 1. The first-order valence-corrected chi connectivity index (χ1v) is 19.5. The Hall–Kier alpha value is -6.44. The van der Waals surface area contributed by atoms with E-state index in [9.17, 15) is 0 Å². The van der Waals surface area contributed by atoms with Gasteiger partial charge in [-0.25, -0.2) is 0 Å². The lowest BCUT2D eigenvalue weighted by Crippen LogP contribution is -2.26. The van der Waals surface area contributed by atoms with Crippen LogP contribution in [0.5, 0.6) is 0 Å². The highest BCUT2D eigenvalue weighted by molar-refractivity contribution is 6.26. The molecule has 1 heterocycles. The summed E-state index contributed by atoms with van der Waals surface area (Å²) in [5.41, 5.74) is 18.9. The standard InChI is InChI=1S/C53H35N/c1-2-14-34-32(13-1)25-27-43-42-21-9-12-24-51(42)54(52(34)43)33-26-28-41-39-19-7-10-22-47(39)53(49(41)29-33)48-23-11-8-20-40(48)46-30-44-37-17-5-3-15-35(37)36-16-4-6-18-38(36)45(44)31-50(46)53/h1,3-13,15-26,28-31,43H,2,14,27H2. The highest BCUT2D eigenvalue weighted by Crippen LogP contribution is 2.65. The van der Waals surface area contributed by atoms with Gasteiger partial charge in [0.25, 0.3) is 0 Å². The fourth-order valence-corrected chi connectivity index (χ4v) is 11.3. The molecule has 0 N–H and O–H groups in total. The Labute approximate surface area is 314 Å². The highest BCUT2D eigenvalue weighted by atomic mass is 15.2. The zero-order valence-electron chi connectivity index (χ0n) is 29.8. The van der Waals surface area contributed by atoms with Crippen LogP contribution in [0.25, 0.3) is 54.6 Å². The van der Waals surface area contributed by atoms with Gasteiger partial charge < -0.3 is 4.90 Å². The van der Waals surface area contributed by atoms with Gasteiger partial charge in [0.15, 0.2) is 0 Å². The molecule has 0 bridgehead atoms. The van der Waals surface area contributed by atoms with Crippen molar-refractivity contribution in [3.8, 4) is 22.3 Å². The second-order valence-corrected chi connectivity index (χ2v) is 15.8. The maximum absolute atomic E-state index is 2.64. The Morgan fingerprint density at radius 1 is 0.500 bits per heavy atom. The molecule has 1 spiro atoms. The Morgan fingerprint density at radius 2 is 1.09 bits per heavy atom. The molecule has 2 atom stereocenters. The van der Waals surface area contributed by atoms with E-state index in [1.165, 1.54) is 111 Å². The second-order valence-electron chi connectivity index (χ2n) is 15.8. The lowest BCUT2D eigenvalue weighted by molar-refractivity contribution is 0.769. The molecular formula is C53H35N. The molecular weight excluding hydrogens is 651 g/mol. The minimum Gasteiger partial charge on any atom is -0.313 e. The molecule has 54 heavy (non-hydrogen) atoms. The smallest absolute Gasteiger partial charge is 0.0726 e. The van der Waals surface area contributed by atoms with Crippen molar-refractivity contribution >= 4 is 43.7 Å². The minimum absolute atomic E-state index is 0.383. The summed E-state index contributed by atoms with van der Waals surface area (Å²) in [6, 6.07) is 58.1. The van der Waals surface area contributed by atoms with Crippen LogP contribution in [0, 0.1) is 0 Å². The molecule has 1 heteroatoms. The van der Waals surface area contributed by atoms with Gasteiger partial charge in [-0.1, -0.05) is 140 Å². The van der Waals surface area contributed by atoms with Crippen molar-refractivity contribution in [1.29, 1.82) is 0 Å². The number of nitrogens with zero attached hydrogens (tertiary/aromatic N) is 1. The number of benzene rings is 8. The number of hydrogen-bond donors (Lipinski definition) is 0. The Morgan fingerprint density at radius 3 is 1.85 bits per heavy atom. The molecule has 5 aliphatic rings. The van der Waals surface area contributed by atoms with Gasteiger partial charge in [-0.3, -0.25) is 0 Å². The van der Waals surface area contributed by atoms with Crippen LogP contribution in [0.15, 0.2) is 187 Å². The molecule has 8 aromatic rings. The molecule has 0 fully saturated rings. The van der Waals surface area contributed by atoms with E-state index >= 15 is 0 Å². The van der Waals surface area contributed by atoms with E-state index in [0.717, 1.165) is 19.3 Å². The second kappa shape index (κ2) is 10.4. The van der Waals surface area contributed by atoms with Crippen molar-refractivity contribution in [2.75, 3.05) is 4.90 Å². The van der Waals surface area contributed by atoms with Crippen molar-refractivity contribution in [2.24, 2.45) is 0 Å². The maximum Gasteiger partial charge on any atom is 0.0726 e. The SMILES string of the molecule is C1=CC2=CCC3C(=C2CC1)N(c1ccc2c(c1)C1(c4ccccc4-2)c2ccccc2-c2cc4c5ccccc5c5ccccc5c4cc21)c1ccccc13. The van der Waals surface area contributed by atoms with Crippen LogP contribution >= 0.6 is 0 Å². The number of allylic oxidation sites excluding steroid dienone is 6. The molecule has 8 aromatic carbocycles. The van der Waals surface area contributed by atoms with Crippen molar-refractivity contribution in [3.05, 3.63) is 215 Å². The van der Waals surface area contributed by atoms with Gasteiger partial charge in [-0.15, -0.1) is 0 Å². The van der Waals surface area contributed by atoms with Crippen LogP contribution in [0.1, 0.15) is 53.0 Å². The number of para-hydroxylation sites is 1. The van der Waals surface area contributed by atoms with Gasteiger partial charge in [0.05, 0.1) is 5.41 Å². The number of anilines is 2. The predicted octanol–water partition coefficient (Wildman–Crippen LogP) is 13.7. The van der Waals surface area contributed by atoms with Gasteiger partial charge in [-0.05, 0) is 143 Å². The molecule has 13 rings (SSSR count).